The number of anilines is 1. The van der Waals surface area contributed by atoms with Crippen molar-refractivity contribution in [3.05, 3.63) is 47.4 Å². The number of ether oxygens (including phenoxy) is 1. The lowest BCUT2D eigenvalue weighted by Gasteiger charge is -2.06. The highest BCUT2D eigenvalue weighted by molar-refractivity contribution is 5.85. The zero-order valence-corrected chi connectivity index (χ0v) is 9.42. The van der Waals surface area contributed by atoms with Gasteiger partial charge in [-0.15, -0.1) is 0 Å². The number of nitrogens with zero attached hydrogens (tertiary/aromatic N) is 2. The first-order valence-corrected chi connectivity index (χ1v) is 5.15. The van der Waals surface area contributed by atoms with Gasteiger partial charge < -0.3 is 10.5 Å². The fraction of sp³-hybridized carbons (Fsp3) is 0.0769. The van der Waals surface area contributed by atoms with E-state index in [0.717, 1.165) is 11.1 Å². The van der Waals surface area contributed by atoms with Crippen LogP contribution in [0.4, 0.5) is 11.4 Å². The van der Waals surface area contributed by atoms with Crippen molar-refractivity contribution in [3.63, 3.8) is 0 Å². The van der Waals surface area contributed by atoms with Crippen LogP contribution in [0.2, 0.25) is 0 Å². The zero-order chi connectivity index (χ0) is 12.3. The Morgan fingerprint density at radius 3 is 2.41 bits per heavy atom. The van der Waals surface area contributed by atoms with E-state index in [-0.39, 0.29) is 5.69 Å². The second kappa shape index (κ2) is 4.54. The molecule has 2 aromatic carbocycles. The normalized spacial score (nSPS) is 9.65. The summed E-state index contributed by atoms with van der Waals surface area (Å²) in [6, 6.07) is 13.2. The van der Waals surface area contributed by atoms with E-state index in [4.69, 9.17) is 15.9 Å². The zero-order valence-electron chi connectivity index (χ0n) is 9.42. The molecule has 2 rings (SSSR count). The molecular weight excluding hydrogens is 214 g/mol. The number of methoxy groups -OCH3 is 1. The third kappa shape index (κ3) is 1.91. The molecule has 4 heteroatoms. The van der Waals surface area contributed by atoms with E-state index in [0.29, 0.717) is 11.4 Å². The highest BCUT2D eigenvalue weighted by Gasteiger charge is 2.23. The predicted octanol–water partition coefficient (Wildman–Crippen LogP) is 3.43. The van der Waals surface area contributed by atoms with Gasteiger partial charge in [0.15, 0.2) is 4.98 Å². The van der Waals surface area contributed by atoms with Crippen LogP contribution in [0.25, 0.3) is 16.1 Å². The molecular formula is C13H12N3O+. The van der Waals surface area contributed by atoms with Gasteiger partial charge in [-0.05, 0) is 17.7 Å². The minimum Gasteiger partial charge on any atom is -0.489 e. The van der Waals surface area contributed by atoms with Crippen molar-refractivity contribution in [2.45, 2.75) is 0 Å². The van der Waals surface area contributed by atoms with E-state index >= 15 is 0 Å². The molecule has 17 heavy (non-hydrogen) atoms. The van der Waals surface area contributed by atoms with Crippen LogP contribution in [0.1, 0.15) is 0 Å². The van der Waals surface area contributed by atoms with Crippen molar-refractivity contribution in [2.75, 3.05) is 12.8 Å². The summed E-state index contributed by atoms with van der Waals surface area (Å²) in [5.41, 5.74) is 8.18. The molecule has 0 aliphatic rings. The Labute approximate surface area is 99.3 Å². The van der Waals surface area contributed by atoms with Gasteiger partial charge in [0, 0.05) is 5.56 Å². The number of hydrogen-bond acceptors (Lipinski definition) is 3. The molecule has 0 spiro atoms. The molecule has 0 bridgehead atoms. The molecule has 0 heterocycles. The summed E-state index contributed by atoms with van der Waals surface area (Å²) in [5.74, 6) is 0.471. The van der Waals surface area contributed by atoms with Crippen molar-refractivity contribution in [1.82, 2.24) is 0 Å². The van der Waals surface area contributed by atoms with E-state index in [9.17, 15) is 0 Å². The van der Waals surface area contributed by atoms with E-state index in [2.05, 4.69) is 4.98 Å². The van der Waals surface area contributed by atoms with Gasteiger partial charge in [-0.2, -0.15) is 0 Å². The number of benzene rings is 2. The van der Waals surface area contributed by atoms with Crippen molar-refractivity contribution in [3.8, 4) is 16.9 Å². The van der Waals surface area contributed by atoms with Crippen molar-refractivity contribution in [1.29, 1.82) is 5.39 Å². The van der Waals surface area contributed by atoms with Gasteiger partial charge in [0.2, 0.25) is 11.1 Å². The lowest BCUT2D eigenvalue weighted by molar-refractivity contribution is 0.419. The highest BCUT2D eigenvalue weighted by Crippen LogP contribution is 2.41. The molecule has 0 radical (unpaired) electrons. The smallest absolute Gasteiger partial charge is 0.449 e. The van der Waals surface area contributed by atoms with E-state index in [1.807, 2.05) is 36.4 Å². The maximum atomic E-state index is 8.97. The van der Waals surface area contributed by atoms with Gasteiger partial charge in [0.25, 0.3) is 0 Å². The molecule has 2 aromatic rings. The summed E-state index contributed by atoms with van der Waals surface area (Å²) in [6.45, 7) is 0. The number of nitrogen functional groups attached to an aromatic ring is 1. The van der Waals surface area contributed by atoms with E-state index in [1.165, 1.54) is 7.11 Å². The van der Waals surface area contributed by atoms with Gasteiger partial charge in [0.05, 0.1) is 7.11 Å². The maximum Gasteiger partial charge on any atom is 0.449 e. The van der Waals surface area contributed by atoms with Gasteiger partial charge in [-0.3, -0.25) is 0 Å². The van der Waals surface area contributed by atoms with Gasteiger partial charge in [0.1, 0.15) is 5.69 Å². The van der Waals surface area contributed by atoms with Gasteiger partial charge in [-0.1, -0.05) is 30.3 Å². The summed E-state index contributed by atoms with van der Waals surface area (Å²) < 4.78 is 5.27. The number of nitrogens with two attached hydrogens (primary N) is 1. The average molecular weight is 226 g/mol. The summed E-state index contributed by atoms with van der Waals surface area (Å²) in [5, 5.41) is 8.97. The molecule has 4 nitrogen and oxygen atoms in total. The summed E-state index contributed by atoms with van der Waals surface area (Å²) in [7, 11) is 1.52. The Kier molecular flexibility index (Phi) is 2.93. The molecule has 0 aliphatic heterocycles. The lowest BCUT2D eigenvalue weighted by atomic mass is 10.0. The quantitative estimate of drug-likeness (QED) is 0.630. The summed E-state index contributed by atoms with van der Waals surface area (Å²) >= 11 is 0. The Morgan fingerprint density at radius 1 is 1.12 bits per heavy atom. The van der Waals surface area contributed by atoms with E-state index in [1.54, 1.807) is 6.07 Å². The average Bonchev–Trinajstić information content (AvgIpc) is 2.39. The molecule has 0 aliphatic carbocycles. The van der Waals surface area contributed by atoms with Crippen LogP contribution in [0.5, 0.6) is 5.75 Å². The molecule has 0 atom stereocenters. The first-order chi connectivity index (χ1) is 8.27. The second-order valence-corrected chi connectivity index (χ2v) is 3.55. The maximum absolute atomic E-state index is 8.97. The van der Waals surface area contributed by atoms with Crippen LogP contribution in [0.15, 0.2) is 42.5 Å². The highest BCUT2D eigenvalue weighted by atomic mass is 16.5. The minimum absolute atomic E-state index is 0.258. The van der Waals surface area contributed by atoms with Crippen LogP contribution < -0.4 is 10.5 Å². The molecule has 84 valence electrons. The molecule has 2 N–H and O–H groups in total. The Morgan fingerprint density at radius 2 is 1.82 bits per heavy atom. The first kappa shape index (κ1) is 11.0. The summed E-state index contributed by atoms with van der Waals surface area (Å²) in [4.78, 5) is 3.18. The molecule has 0 saturated carbocycles. The third-order valence-corrected chi connectivity index (χ3v) is 2.55. The van der Waals surface area contributed by atoms with Crippen LogP contribution in [0.3, 0.4) is 0 Å². The third-order valence-electron chi connectivity index (χ3n) is 2.55. The Balaban J connectivity index is 2.68. The topological polar surface area (TPSA) is 63.4 Å². The Bertz CT molecular complexity index is 573. The molecule has 0 unspecified atom stereocenters. The van der Waals surface area contributed by atoms with Crippen LogP contribution in [-0.4, -0.2) is 7.11 Å². The first-order valence-electron chi connectivity index (χ1n) is 5.15. The number of hydrogen-bond donors (Lipinski definition) is 1. The second-order valence-electron chi connectivity index (χ2n) is 3.55. The molecule has 0 fully saturated rings. The van der Waals surface area contributed by atoms with Gasteiger partial charge >= 0.3 is 5.69 Å². The van der Waals surface area contributed by atoms with Crippen molar-refractivity contribution < 1.29 is 4.74 Å². The monoisotopic (exact) mass is 226 g/mol. The molecule has 0 saturated heterocycles. The fourth-order valence-electron chi connectivity index (χ4n) is 1.74. The lowest BCUT2D eigenvalue weighted by Crippen LogP contribution is -1.92. The van der Waals surface area contributed by atoms with Crippen molar-refractivity contribution in [2.24, 2.45) is 0 Å². The SMILES string of the molecule is COc1c(-c2ccccc2)ccc(N)c1[N+]#N. The Hall–Kier alpha value is -2.54. The number of rotatable bonds is 2. The molecule has 0 amide bonds. The van der Waals surface area contributed by atoms with Crippen LogP contribution in [-0.2, 0) is 0 Å². The predicted molar refractivity (Wildman–Crippen MR) is 67.6 cm³/mol. The van der Waals surface area contributed by atoms with Crippen LogP contribution >= 0.6 is 0 Å². The van der Waals surface area contributed by atoms with E-state index < -0.39 is 0 Å². The summed E-state index contributed by atoms with van der Waals surface area (Å²) in [6.07, 6.45) is 0. The van der Waals surface area contributed by atoms with Crippen molar-refractivity contribution >= 4 is 11.4 Å². The molecule has 0 aromatic heterocycles. The largest absolute Gasteiger partial charge is 0.489 e. The standard InChI is InChI=1S/C13H12N3O/c1-17-13-10(9-5-3-2-4-6-9)7-8-11(14)12(13)16-15/h2-8H,14H2,1H3/q+1. The van der Waals surface area contributed by atoms with Gasteiger partial charge in [-0.25, -0.2) is 0 Å². The minimum atomic E-state index is 0.258. The fourth-order valence-corrected chi connectivity index (χ4v) is 1.74. The van der Waals surface area contributed by atoms with Crippen LogP contribution in [0, 0.1) is 5.39 Å². The number of diazo groups is 1.